The molecule has 32 heavy (non-hydrogen) atoms. The van der Waals surface area contributed by atoms with E-state index in [-0.39, 0.29) is 38.1 Å². The Kier molecular flexibility index (Phi) is 8.48. The summed E-state index contributed by atoms with van der Waals surface area (Å²) in [6.07, 6.45) is 0.631. The fraction of sp³-hybridized carbons (Fsp3) is 0.375. The number of rotatable bonds is 10. The fourth-order valence-electron chi connectivity index (χ4n) is 3.35. The molecule has 1 fully saturated rings. The lowest BCUT2D eigenvalue weighted by Crippen LogP contribution is -2.58. The van der Waals surface area contributed by atoms with Crippen molar-refractivity contribution in [2.24, 2.45) is 0 Å². The number of amides is 2. The third-order valence-electron chi connectivity index (χ3n) is 5.04. The van der Waals surface area contributed by atoms with Gasteiger partial charge < -0.3 is 24.4 Å². The minimum atomic E-state index is -0.927. The van der Waals surface area contributed by atoms with E-state index in [0.29, 0.717) is 24.6 Å². The van der Waals surface area contributed by atoms with E-state index in [1.165, 1.54) is 4.90 Å². The average molecular weight is 440 g/mol. The Morgan fingerprint density at radius 2 is 1.81 bits per heavy atom. The first-order chi connectivity index (χ1) is 15.6. The molecule has 3 rings (SSSR count). The minimum Gasteiger partial charge on any atom is -0.490 e. The van der Waals surface area contributed by atoms with Gasteiger partial charge in [-0.2, -0.15) is 0 Å². The van der Waals surface area contributed by atoms with Crippen LogP contribution in [0.25, 0.3) is 0 Å². The molecule has 1 aliphatic rings. The molecular formula is C24H28N2O6. The molecule has 1 aliphatic heterocycles. The molecule has 170 valence electrons. The first-order valence-electron chi connectivity index (χ1n) is 10.7. The molecule has 0 spiro atoms. The number of nitrogens with one attached hydrogen (secondary N) is 1. The molecule has 0 aliphatic carbocycles. The third kappa shape index (κ3) is 6.73. The average Bonchev–Trinajstić information content (AvgIpc) is 2.82. The number of hydrogen-bond donors (Lipinski definition) is 1. The monoisotopic (exact) mass is 440 g/mol. The Morgan fingerprint density at radius 1 is 1.03 bits per heavy atom. The summed E-state index contributed by atoms with van der Waals surface area (Å²) in [5.74, 6) is -0.0369. The SMILES string of the molecule is CCc1cccc(OCC(=O)N2CCNC(=O)C2CC(=O)OCCOc2ccccc2)c1. The maximum Gasteiger partial charge on any atom is 0.308 e. The van der Waals surface area contributed by atoms with Gasteiger partial charge in [-0.15, -0.1) is 0 Å². The Labute approximate surface area is 187 Å². The smallest absolute Gasteiger partial charge is 0.308 e. The molecule has 1 N–H and O–H groups in total. The molecule has 0 bridgehead atoms. The number of carbonyl (C=O) groups is 3. The van der Waals surface area contributed by atoms with Crippen LogP contribution >= 0.6 is 0 Å². The van der Waals surface area contributed by atoms with E-state index in [2.05, 4.69) is 5.32 Å². The summed E-state index contributed by atoms with van der Waals surface area (Å²) in [6.45, 7) is 2.70. The van der Waals surface area contributed by atoms with Crippen molar-refractivity contribution in [1.29, 1.82) is 0 Å². The van der Waals surface area contributed by atoms with Crippen LogP contribution in [-0.2, 0) is 25.5 Å². The zero-order valence-corrected chi connectivity index (χ0v) is 18.1. The lowest BCUT2D eigenvalue weighted by atomic mass is 10.1. The van der Waals surface area contributed by atoms with Crippen LogP contribution in [0.15, 0.2) is 54.6 Å². The highest BCUT2D eigenvalue weighted by molar-refractivity contribution is 5.92. The van der Waals surface area contributed by atoms with Gasteiger partial charge in [0.05, 0.1) is 6.42 Å². The van der Waals surface area contributed by atoms with Crippen LogP contribution in [-0.4, -0.2) is 61.6 Å². The van der Waals surface area contributed by atoms with Crippen molar-refractivity contribution >= 4 is 17.8 Å². The van der Waals surface area contributed by atoms with Crippen molar-refractivity contribution in [1.82, 2.24) is 10.2 Å². The lowest BCUT2D eigenvalue weighted by Gasteiger charge is -2.34. The van der Waals surface area contributed by atoms with Gasteiger partial charge in [-0.1, -0.05) is 37.3 Å². The predicted molar refractivity (Wildman–Crippen MR) is 117 cm³/mol. The molecule has 1 atom stereocenters. The van der Waals surface area contributed by atoms with Crippen molar-refractivity contribution in [3.63, 3.8) is 0 Å². The number of piperazine rings is 1. The summed E-state index contributed by atoms with van der Waals surface area (Å²) in [6, 6.07) is 15.8. The van der Waals surface area contributed by atoms with E-state index in [0.717, 1.165) is 12.0 Å². The van der Waals surface area contributed by atoms with E-state index in [1.54, 1.807) is 18.2 Å². The van der Waals surface area contributed by atoms with Crippen molar-refractivity contribution in [2.45, 2.75) is 25.8 Å². The van der Waals surface area contributed by atoms with Gasteiger partial charge >= 0.3 is 5.97 Å². The summed E-state index contributed by atoms with van der Waals surface area (Å²) in [5, 5.41) is 2.69. The van der Waals surface area contributed by atoms with E-state index in [1.807, 2.05) is 43.3 Å². The first kappa shape index (κ1) is 23.1. The number of benzene rings is 2. The van der Waals surface area contributed by atoms with Crippen molar-refractivity contribution in [2.75, 3.05) is 32.9 Å². The molecule has 0 radical (unpaired) electrons. The van der Waals surface area contributed by atoms with Crippen molar-refractivity contribution < 1.29 is 28.6 Å². The second kappa shape index (κ2) is 11.7. The van der Waals surface area contributed by atoms with Gasteiger partial charge in [-0.3, -0.25) is 14.4 Å². The normalized spacial score (nSPS) is 15.6. The van der Waals surface area contributed by atoms with Crippen LogP contribution in [0.5, 0.6) is 11.5 Å². The van der Waals surface area contributed by atoms with E-state index >= 15 is 0 Å². The lowest BCUT2D eigenvalue weighted by molar-refractivity contribution is -0.152. The summed E-state index contributed by atoms with van der Waals surface area (Å²) in [4.78, 5) is 38.7. The third-order valence-corrected chi connectivity index (χ3v) is 5.04. The van der Waals surface area contributed by atoms with Gasteiger partial charge in [0, 0.05) is 13.1 Å². The quantitative estimate of drug-likeness (QED) is 0.448. The van der Waals surface area contributed by atoms with E-state index in [4.69, 9.17) is 14.2 Å². The number of para-hydroxylation sites is 1. The topological polar surface area (TPSA) is 94.2 Å². The number of nitrogens with zero attached hydrogens (tertiary/aromatic N) is 1. The van der Waals surface area contributed by atoms with E-state index < -0.39 is 12.0 Å². The van der Waals surface area contributed by atoms with Crippen LogP contribution < -0.4 is 14.8 Å². The molecular weight excluding hydrogens is 412 g/mol. The molecule has 1 heterocycles. The number of esters is 1. The van der Waals surface area contributed by atoms with Crippen LogP contribution in [0.4, 0.5) is 0 Å². The molecule has 8 nitrogen and oxygen atoms in total. The summed E-state index contributed by atoms with van der Waals surface area (Å²) >= 11 is 0. The number of aryl methyl sites for hydroxylation is 1. The molecule has 2 amide bonds. The molecule has 1 unspecified atom stereocenters. The molecule has 0 aromatic heterocycles. The Morgan fingerprint density at radius 3 is 2.59 bits per heavy atom. The van der Waals surface area contributed by atoms with Crippen LogP contribution in [0.2, 0.25) is 0 Å². The minimum absolute atomic E-state index is 0.0485. The molecule has 2 aromatic rings. The summed E-state index contributed by atoms with van der Waals surface area (Å²) in [5.41, 5.74) is 1.10. The standard InChI is InChI=1S/C24H28N2O6/c1-2-18-7-6-10-20(15-18)32-17-22(27)26-12-11-25-24(29)21(26)16-23(28)31-14-13-30-19-8-4-3-5-9-19/h3-10,15,21H,2,11-14,16-17H2,1H3,(H,25,29). The molecule has 1 saturated heterocycles. The zero-order valence-electron chi connectivity index (χ0n) is 18.1. The van der Waals surface area contributed by atoms with Gasteiger partial charge in [0.25, 0.3) is 5.91 Å². The maximum absolute atomic E-state index is 12.7. The van der Waals surface area contributed by atoms with Crippen LogP contribution in [0, 0.1) is 0 Å². The molecule has 8 heteroatoms. The highest BCUT2D eigenvalue weighted by atomic mass is 16.6. The number of hydrogen-bond acceptors (Lipinski definition) is 6. The molecule has 2 aromatic carbocycles. The zero-order chi connectivity index (χ0) is 22.8. The number of ether oxygens (including phenoxy) is 3. The number of carbonyl (C=O) groups excluding carboxylic acids is 3. The van der Waals surface area contributed by atoms with Gasteiger partial charge in [0.2, 0.25) is 5.91 Å². The second-order valence-electron chi connectivity index (χ2n) is 7.27. The van der Waals surface area contributed by atoms with Crippen LogP contribution in [0.1, 0.15) is 18.9 Å². The van der Waals surface area contributed by atoms with E-state index in [9.17, 15) is 14.4 Å². The van der Waals surface area contributed by atoms with Gasteiger partial charge in [0.15, 0.2) is 6.61 Å². The highest BCUT2D eigenvalue weighted by Gasteiger charge is 2.35. The van der Waals surface area contributed by atoms with Crippen molar-refractivity contribution in [3.8, 4) is 11.5 Å². The second-order valence-corrected chi connectivity index (χ2v) is 7.27. The largest absolute Gasteiger partial charge is 0.490 e. The maximum atomic E-state index is 12.7. The summed E-state index contributed by atoms with van der Waals surface area (Å²) < 4.78 is 16.3. The van der Waals surface area contributed by atoms with Gasteiger partial charge in [0.1, 0.15) is 30.8 Å². The Hall–Kier alpha value is -3.55. The fourth-order valence-corrected chi connectivity index (χ4v) is 3.35. The van der Waals surface area contributed by atoms with Crippen molar-refractivity contribution in [3.05, 3.63) is 60.2 Å². The molecule has 0 saturated carbocycles. The van der Waals surface area contributed by atoms with Gasteiger partial charge in [-0.25, -0.2) is 0 Å². The van der Waals surface area contributed by atoms with Gasteiger partial charge in [-0.05, 0) is 36.2 Å². The summed E-state index contributed by atoms with van der Waals surface area (Å²) in [7, 11) is 0. The first-order valence-corrected chi connectivity index (χ1v) is 10.7. The highest BCUT2D eigenvalue weighted by Crippen LogP contribution is 2.15. The Balaban J connectivity index is 1.48. The predicted octanol–water partition coefficient (Wildman–Crippen LogP) is 1.97. The Bertz CT molecular complexity index is 918. The van der Waals surface area contributed by atoms with Crippen LogP contribution in [0.3, 0.4) is 0 Å².